The van der Waals surface area contributed by atoms with Crippen LogP contribution in [0.15, 0.2) is 107 Å². The minimum atomic E-state index is -0.989. The average molecular weight is 483 g/mol. The largest absolute Gasteiger partial charge is 0.358 e. The first-order valence-corrected chi connectivity index (χ1v) is 11.8. The molecule has 1 aliphatic heterocycles. The quantitative estimate of drug-likeness (QED) is 0.406. The summed E-state index contributed by atoms with van der Waals surface area (Å²) in [7, 11) is 0. The van der Waals surface area contributed by atoms with Crippen LogP contribution < -0.4 is 11.2 Å². The topological polar surface area (TPSA) is 90.4 Å². The number of aryl methyl sites for hydroxylation is 1. The molecule has 2 atom stereocenters. The normalized spacial score (nSPS) is 17.9. The molecule has 3 aromatic carbocycles. The number of benzene rings is 3. The van der Waals surface area contributed by atoms with Crippen molar-refractivity contribution in [2.75, 3.05) is 6.61 Å². The second kappa shape index (κ2) is 9.89. The van der Waals surface area contributed by atoms with Gasteiger partial charge in [-0.25, -0.2) is 4.79 Å². The Balaban J connectivity index is 1.51. The van der Waals surface area contributed by atoms with Crippen molar-refractivity contribution in [3.63, 3.8) is 0 Å². The Morgan fingerprint density at radius 2 is 1.36 bits per heavy atom. The molecule has 0 unspecified atom stereocenters. The van der Waals surface area contributed by atoms with Crippen molar-refractivity contribution in [3.8, 4) is 0 Å². The highest BCUT2D eigenvalue weighted by atomic mass is 16.6. The number of carbonyl (C=O) groups is 1. The van der Waals surface area contributed by atoms with E-state index in [0.717, 1.165) is 16.7 Å². The molecule has 0 spiro atoms. The van der Waals surface area contributed by atoms with Crippen molar-refractivity contribution in [3.05, 3.63) is 140 Å². The predicted octanol–water partition coefficient (Wildman–Crippen LogP) is 3.71. The Kier molecular flexibility index (Phi) is 6.50. The number of aromatic nitrogens is 2. The summed E-state index contributed by atoms with van der Waals surface area (Å²) >= 11 is 0. The Morgan fingerprint density at radius 3 is 1.86 bits per heavy atom. The fourth-order valence-corrected chi connectivity index (χ4v) is 4.68. The lowest BCUT2D eigenvalue weighted by Gasteiger charge is -2.36. The van der Waals surface area contributed by atoms with Crippen molar-refractivity contribution >= 4 is 5.78 Å². The van der Waals surface area contributed by atoms with Crippen molar-refractivity contribution in [2.24, 2.45) is 0 Å². The fraction of sp³-hybridized carbons (Fsp3) is 0.207. The van der Waals surface area contributed by atoms with Crippen LogP contribution in [0.4, 0.5) is 0 Å². The molecule has 0 aliphatic carbocycles. The molecule has 4 aromatic rings. The molecule has 1 aromatic heterocycles. The van der Waals surface area contributed by atoms with Crippen LogP contribution in [0.25, 0.3) is 0 Å². The van der Waals surface area contributed by atoms with Crippen LogP contribution >= 0.6 is 0 Å². The van der Waals surface area contributed by atoms with E-state index in [4.69, 9.17) is 9.47 Å². The number of rotatable bonds is 7. The summed E-state index contributed by atoms with van der Waals surface area (Å²) in [6, 6.07) is 29.6. The minimum absolute atomic E-state index is 0.00836. The lowest BCUT2D eigenvalue weighted by Crippen LogP contribution is -2.37. The van der Waals surface area contributed by atoms with Gasteiger partial charge in [0.1, 0.15) is 17.9 Å². The number of ether oxygens (including phenoxy) is 2. The van der Waals surface area contributed by atoms with Gasteiger partial charge in [-0.3, -0.25) is 19.1 Å². The molecule has 1 saturated heterocycles. The van der Waals surface area contributed by atoms with Crippen LogP contribution in [0.5, 0.6) is 0 Å². The number of carbonyl (C=O) groups excluding carboxylic acids is 1. The van der Waals surface area contributed by atoms with E-state index in [9.17, 15) is 14.4 Å². The molecule has 36 heavy (non-hydrogen) atoms. The van der Waals surface area contributed by atoms with Crippen molar-refractivity contribution in [1.82, 2.24) is 9.55 Å². The molecule has 0 saturated carbocycles. The molecular formula is C29H26N2O5. The van der Waals surface area contributed by atoms with Crippen LogP contribution in [0.1, 0.15) is 34.9 Å². The average Bonchev–Trinajstić information content (AvgIpc) is 3.28. The lowest BCUT2D eigenvalue weighted by atomic mass is 9.80. The number of ketones is 1. The Morgan fingerprint density at radius 1 is 0.861 bits per heavy atom. The molecule has 1 aliphatic rings. The highest BCUT2D eigenvalue weighted by molar-refractivity contribution is 5.85. The molecule has 0 bridgehead atoms. The summed E-state index contributed by atoms with van der Waals surface area (Å²) in [6.07, 6.45) is -0.253. The Bertz CT molecular complexity index is 1370. The maximum absolute atomic E-state index is 13.0. The first-order chi connectivity index (χ1) is 17.5. The van der Waals surface area contributed by atoms with Crippen molar-refractivity contribution in [1.29, 1.82) is 0 Å². The highest BCUT2D eigenvalue weighted by Gasteiger charge is 2.41. The van der Waals surface area contributed by atoms with E-state index in [1.165, 1.54) is 10.8 Å². The SMILES string of the molecule is Cc1cn([C@H]2CC(=O)[C@@H](COC(c3ccccc3)(c3ccccc3)c3ccccc3)O2)c(=O)[nH]c1=O. The van der Waals surface area contributed by atoms with Crippen LogP contribution in [0, 0.1) is 6.92 Å². The number of H-pyrrole nitrogens is 1. The van der Waals surface area contributed by atoms with Gasteiger partial charge in [-0.15, -0.1) is 0 Å². The van der Waals surface area contributed by atoms with Gasteiger partial charge in [0.2, 0.25) is 0 Å². The second-order valence-electron chi connectivity index (χ2n) is 8.82. The molecule has 7 nitrogen and oxygen atoms in total. The highest BCUT2D eigenvalue weighted by Crippen LogP contribution is 2.41. The molecule has 0 radical (unpaired) electrons. The molecule has 5 rings (SSSR count). The van der Waals surface area contributed by atoms with E-state index in [1.807, 2.05) is 91.0 Å². The first-order valence-electron chi connectivity index (χ1n) is 11.8. The summed E-state index contributed by atoms with van der Waals surface area (Å²) in [4.78, 5) is 39.3. The van der Waals surface area contributed by atoms with Gasteiger partial charge >= 0.3 is 5.69 Å². The summed E-state index contributed by atoms with van der Waals surface area (Å²) in [5.74, 6) is -0.168. The lowest BCUT2D eigenvalue weighted by molar-refractivity contribution is -0.130. The predicted molar refractivity (Wildman–Crippen MR) is 135 cm³/mol. The van der Waals surface area contributed by atoms with E-state index < -0.39 is 29.2 Å². The van der Waals surface area contributed by atoms with Gasteiger partial charge in [0.05, 0.1) is 13.0 Å². The Labute approximate surface area is 208 Å². The number of nitrogens with zero attached hydrogens (tertiary/aromatic N) is 1. The summed E-state index contributed by atoms with van der Waals surface area (Å²) in [5.41, 5.74) is 1.04. The molecule has 1 fully saturated rings. The van der Waals surface area contributed by atoms with Crippen LogP contribution in [-0.4, -0.2) is 28.0 Å². The molecule has 7 heteroatoms. The standard InChI is InChI=1S/C29H26N2O5/c1-20-18-31(28(34)30-27(20)33)26-17-24(32)25(36-26)19-35-29(21-11-5-2-6-12-21,22-13-7-3-8-14-22)23-15-9-4-10-16-23/h2-16,18,25-26H,17,19H2,1H3,(H,30,33,34)/t25-,26-/m1/s1. The van der Waals surface area contributed by atoms with Gasteiger partial charge in [0, 0.05) is 11.8 Å². The number of hydrogen-bond donors (Lipinski definition) is 1. The third kappa shape index (κ3) is 4.34. The summed E-state index contributed by atoms with van der Waals surface area (Å²) in [6.45, 7) is 1.57. The number of aromatic amines is 1. The van der Waals surface area contributed by atoms with E-state index in [1.54, 1.807) is 6.92 Å². The van der Waals surface area contributed by atoms with Gasteiger partial charge in [-0.05, 0) is 23.6 Å². The molecule has 1 N–H and O–H groups in total. The molecular weight excluding hydrogens is 456 g/mol. The zero-order valence-electron chi connectivity index (χ0n) is 19.8. The summed E-state index contributed by atoms with van der Waals surface area (Å²) in [5, 5.41) is 0. The number of Topliss-reactive ketones (excluding diaryl/α,β-unsaturated/α-hetero) is 1. The smallest absolute Gasteiger partial charge is 0.330 e. The van der Waals surface area contributed by atoms with E-state index in [2.05, 4.69) is 4.98 Å². The maximum atomic E-state index is 13.0. The van der Waals surface area contributed by atoms with E-state index in [0.29, 0.717) is 5.56 Å². The molecule has 0 amide bonds. The van der Waals surface area contributed by atoms with Crippen LogP contribution in [0.3, 0.4) is 0 Å². The van der Waals surface area contributed by atoms with Crippen molar-refractivity contribution < 1.29 is 14.3 Å². The minimum Gasteiger partial charge on any atom is -0.358 e. The monoisotopic (exact) mass is 482 g/mol. The first kappa shape index (κ1) is 23.7. The third-order valence-electron chi connectivity index (χ3n) is 6.50. The van der Waals surface area contributed by atoms with E-state index >= 15 is 0 Å². The van der Waals surface area contributed by atoms with E-state index in [-0.39, 0.29) is 18.8 Å². The second-order valence-corrected chi connectivity index (χ2v) is 8.82. The van der Waals surface area contributed by atoms with Crippen LogP contribution in [0.2, 0.25) is 0 Å². The third-order valence-corrected chi connectivity index (χ3v) is 6.50. The van der Waals surface area contributed by atoms with Gasteiger partial charge in [0.15, 0.2) is 5.78 Å². The van der Waals surface area contributed by atoms with Gasteiger partial charge < -0.3 is 9.47 Å². The fourth-order valence-electron chi connectivity index (χ4n) is 4.68. The van der Waals surface area contributed by atoms with Gasteiger partial charge in [0.25, 0.3) is 5.56 Å². The number of nitrogens with one attached hydrogen (secondary N) is 1. The zero-order valence-corrected chi connectivity index (χ0v) is 19.8. The van der Waals surface area contributed by atoms with Crippen molar-refractivity contribution in [2.45, 2.75) is 31.3 Å². The maximum Gasteiger partial charge on any atom is 0.330 e. The molecule has 182 valence electrons. The van der Waals surface area contributed by atoms with Crippen LogP contribution in [-0.2, 0) is 19.9 Å². The summed E-state index contributed by atoms with van der Waals surface area (Å²) < 4.78 is 14.0. The van der Waals surface area contributed by atoms with Gasteiger partial charge in [-0.2, -0.15) is 0 Å². The number of hydrogen-bond acceptors (Lipinski definition) is 5. The Hall–Kier alpha value is -4.07. The van der Waals surface area contributed by atoms with Gasteiger partial charge in [-0.1, -0.05) is 91.0 Å². The zero-order chi connectivity index (χ0) is 25.1. The molecule has 2 heterocycles.